The molecule has 4 heteroatoms. The SMILES string of the molecule is Cc1sc(CNC2CC2)cc1COCC1CCCCN1C. The van der Waals surface area contributed by atoms with Crippen molar-refractivity contribution >= 4 is 11.3 Å². The number of piperidine rings is 1. The summed E-state index contributed by atoms with van der Waals surface area (Å²) in [5, 5.41) is 3.59. The molecular formula is C17H28N2OS. The Balaban J connectivity index is 1.43. The Morgan fingerprint density at radius 3 is 2.95 bits per heavy atom. The molecule has 0 radical (unpaired) electrons. The molecule has 1 aliphatic carbocycles. The molecule has 2 heterocycles. The molecule has 1 N–H and O–H groups in total. The molecule has 0 amide bonds. The van der Waals surface area contributed by atoms with Crippen LogP contribution in [0.2, 0.25) is 0 Å². The normalized spacial score (nSPS) is 23.6. The summed E-state index contributed by atoms with van der Waals surface area (Å²) in [6, 6.07) is 3.74. The molecule has 3 rings (SSSR count). The van der Waals surface area contributed by atoms with Gasteiger partial charge >= 0.3 is 0 Å². The third kappa shape index (κ3) is 4.52. The number of aryl methyl sites for hydroxylation is 1. The Kier molecular flexibility index (Phi) is 5.33. The zero-order valence-corrected chi connectivity index (χ0v) is 14.2. The van der Waals surface area contributed by atoms with Gasteiger partial charge < -0.3 is 15.0 Å². The smallest absolute Gasteiger partial charge is 0.0728 e. The van der Waals surface area contributed by atoms with Gasteiger partial charge in [0.25, 0.3) is 0 Å². The molecule has 1 atom stereocenters. The van der Waals surface area contributed by atoms with Crippen LogP contribution < -0.4 is 5.32 Å². The number of nitrogens with zero attached hydrogens (tertiary/aromatic N) is 1. The topological polar surface area (TPSA) is 24.5 Å². The van der Waals surface area contributed by atoms with Crippen LogP contribution >= 0.6 is 11.3 Å². The number of nitrogens with one attached hydrogen (secondary N) is 1. The summed E-state index contributed by atoms with van der Waals surface area (Å²) in [5.74, 6) is 0. The molecule has 1 aromatic heterocycles. The van der Waals surface area contributed by atoms with Crippen LogP contribution in [0.4, 0.5) is 0 Å². The molecule has 118 valence electrons. The van der Waals surface area contributed by atoms with Crippen molar-refractivity contribution in [1.82, 2.24) is 10.2 Å². The summed E-state index contributed by atoms with van der Waals surface area (Å²) >= 11 is 1.92. The van der Waals surface area contributed by atoms with E-state index in [1.54, 1.807) is 0 Å². The first kappa shape index (κ1) is 15.5. The predicted octanol–water partition coefficient (Wildman–Crippen LogP) is 3.31. The molecule has 0 aromatic carbocycles. The highest BCUT2D eigenvalue weighted by Crippen LogP contribution is 2.25. The van der Waals surface area contributed by atoms with Gasteiger partial charge in [-0.2, -0.15) is 0 Å². The molecule has 2 fully saturated rings. The van der Waals surface area contributed by atoms with E-state index in [2.05, 4.69) is 30.3 Å². The minimum atomic E-state index is 0.619. The molecule has 2 aliphatic rings. The molecule has 0 bridgehead atoms. The fraction of sp³-hybridized carbons (Fsp3) is 0.765. The van der Waals surface area contributed by atoms with E-state index in [-0.39, 0.29) is 0 Å². The number of rotatable bonds is 7. The fourth-order valence-corrected chi connectivity index (χ4v) is 4.01. The van der Waals surface area contributed by atoms with E-state index in [4.69, 9.17) is 4.74 Å². The van der Waals surface area contributed by atoms with Gasteiger partial charge in [0.05, 0.1) is 13.2 Å². The number of hydrogen-bond donors (Lipinski definition) is 1. The second kappa shape index (κ2) is 7.23. The number of likely N-dealkylation sites (N-methyl/N-ethyl adjacent to an activating group) is 1. The third-order valence-corrected chi connectivity index (χ3v) is 5.80. The molecule has 1 unspecified atom stereocenters. The minimum absolute atomic E-state index is 0.619. The maximum Gasteiger partial charge on any atom is 0.0728 e. The second-order valence-electron chi connectivity index (χ2n) is 6.59. The van der Waals surface area contributed by atoms with Crippen LogP contribution in [0, 0.1) is 6.92 Å². The number of ether oxygens (including phenoxy) is 1. The highest BCUT2D eigenvalue weighted by atomic mass is 32.1. The van der Waals surface area contributed by atoms with Gasteiger partial charge in [-0.05, 0) is 57.8 Å². The fourth-order valence-electron chi connectivity index (χ4n) is 3.01. The molecule has 1 saturated carbocycles. The monoisotopic (exact) mass is 308 g/mol. The summed E-state index contributed by atoms with van der Waals surface area (Å²) in [4.78, 5) is 5.32. The van der Waals surface area contributed by atoms with Crippen LogP contribution in [0.5, 0.6) is 0 Å². The van der Waals surface area contributed by atoms with Crippen LogP contribution in [0.15, 0.2) is 6.07 Å². The maximum absolute atomic E-state index is 6.01. The third-order valence-electron chi connectivity index (χ3n) is 4.70. The lowest BCUT2D eigenvalue weighted by Gasteiger charge is -2.32. The number of thiophene rings is 1. The highest BCUT2D eigenvalue weighted by Gasteiger charge is 2.21. The van der Waals surface area contributed by atoms with Crippen LogP contribution in [-0.4, -0.2) is 37.2 Å². The number of likely N-dealkylation sites (tertiary alicyclic amines) is 1. The van der Waals surface area contributed by atoms with E-state index in [1.165, 1.54) is 54.0 Å². The molecule has 1 aliphatic heterocycles. The van der Waals surface area contributed by atoms with Crippen molar-refractivity contribution in [2.75, 3.05) is 20.2 Å². The highest BCUT2D eigenvalue weighted by molar-refractivity contribution is 7.12. The molecule has 3 nitrogen and oxygen atoms in total. The maximum atomic E-state index is 6.01. The predicted molar refractivity (Wildman–Crippen MR) is 88.8 cm³/mol. The van der Waals surface area contributed by atoms with Gasteiger partial charge in [-0.15, -0.1) is 11.3 Å². The Morgan fingerprint density at radius 1 is 1.33 bits per heavy atom. The first-order valence-electron chi connectivity index (χ1n) is 8.32. The largest absolute Gasteiger partial charge is 0.375 e. The van der Waals surface area contributed by atoms with Crippen molar-refractivity contribution in [3.8, 4) is 0 Å². The van der Waals surface area contributed by atoms with Crippen molar-refractivity contribution in [2.24, 2.45) is 0 Å². The van der Waals surface area contributed by atoms with E-state index in [9.17, 15) is 0 Å². The number of hydrogen-bond acceptors (Lipinski definition) is 4. The Bertz CT molecular complexity index is 456. The Labute approximate surface area is 132 Å². The van der Waals surface area contributed by atoms with Crippen molar-refractivity contribution < 1.29 is 4.74 Å². The molecule has 1 aromatic rings. The van der Waals surface area contributed by atoms with Gasteiger partial charge in [0.15, 0.2) is 0 Å². The van der Waals surface area contributed by atoms with E-state index < -0.39 is 0 Å². The quantitative estimate of drug-likeness (QED) is 0.836. The standard InChI is InChI=1S/C17H28N2OS/c1-13-14(9-17(21-13)10-18-15-6-7-15)11-20-12-16-5-3-4-8-19(16)2/h9,15-16,18H,3-8,10-12H2,1-2H3. The van der Waals surface area contributed by atoms with E-state index >= 15 is 0 Å². The van der Waals surface area contributed by atoms with Gasteiger partial charge in [0.1, 0.15) is 0 Å². The van der Waals surface area contributed by atoms with E-state index in [0.29, 0.717) is 6.04 Å². The van der Waals surface area contributed by atoms with Gasteiger partial charge in [-0.3, -0.25) is 0 Å². The van der Waals surface area contributed by atoms with Crippen LogP contribution in [0.3, 0.4) is 0 Å². The molecule has 0 spiro atoms. The van der Waals surface area contributed by atoms with Crippen molar-refractivity contribution in [3.05, 3.63) is 21.4 Å². The van der Waals surface area contributed by atoms with E-state index in [1.807, 2.05) is 11.3 Å². The van der Waals surface area contributed by atoms with E-state index in [0.717, 1.165) is 25.8 Å². The summed E-state index contributed by atoms with van der Waals surface area (Å²) in [5.41, 5.74) is 1.38. The molecular weight excluding hydrogens is 280 g/mol. The van der Waals surface area contributed by atoms with Gasteiger partial charge in [0, 0.05) is 28.4 Å². The van der Waals surface area contributed by atoms with Gasteiger partial charge in [-0.25, -0.2) is 0 Å². The summed E-state index contributed by atoms with van der Waals surface area (Å²) in [6.45, 7) is 6.12. The molecule has 1 saturated heterocycles. The second-order valence-corrected chi connectivity index (χ2v) is 7.94. The lowest BCUT2D eigenvalue weighted by atomic mass is 10.0. The molecule has 21 heavy (non-hydrogen) atoms. The summed E-state index contributed by atoms with van der Waals surface area (Å²) < 4.78 is 6.01. The van der Waals surface area contributed by atoms with Crippen LogP contribution in [0.25, 0.3) is 0 Å². The van der Waals surface area contributed by atoms with Crippen molar-refractivity contribution in [3.63, 3.8) is 0 Å². The van der Waals surface area contributed by atoms with Gasteiger partial charge in [-0.1, -0.05) is 6.42 Å². The summed E-state index contributed by atoms with van der Waals surface area (Å²) in [6.07, 6.45) is 6.70. The first-order chi connectivity index (χ1) is 10.2. The van der Waals surface area contributed by atoms with Crippen molar-refractivity contribution in [2.45, 2.75) is 64.3 Å². The first-order valence-corrected chi connectivity index (χ1v) is 9.13. The Hall–Kier alpha value is -0.420. The zero-order valence-electron chi connectivity index (χ0n) is 13.4. The zero-order chi connectivity index (χ0) is 14.7. The lowest BCUT2D eigenvalue weighted by Crippen LogP contribution is -2.39. The minimum Gasteiger partial charge on any atom is -0.375 e. The van der Waals surface area contributed by atoms with Crippen molar-refractivity contribution in [1.29, 1.82) is 0 Å². The lowest BCUT2D eigenvalue weighted by molar-refractivity contribution is 0.0443. The Morgan fingerprint density at radius 2 is 2.19 bits per heavy atom. The summed E-state index contributed by atoms with van der Waals surface area (Å²) in [7, 11) is 2.23. The average Bonchev–Trinajstić information content (AvgIpc) is 3.23. The van der Waals surface area contributed by atoms with Gasteiger partial charge in [0.2, 0.25) is 0 Å². The van der Waals surface area contributed by atoms with Crippen LogP contribution in [-0.2, 0) is 17.9 Å². The van der Waals surface area contributed by atoms with Crippen LogP contribution in [0.1, 0.15) is 47.4 Å². The average molecular weight is 308 g/mol.